The van der Waals surface area contributed by atoms with E-state index in [1.807, 2.05) is 0 Å². The number of fused-ring (bicyclic) bond motifs is 1. The minimum Gasteiger partial charge on any atom is -0.493 e. The van der Waals surface area contributed by atoms with Crippen molar-refractivity contribution < 1.29 is 28.6 Å². The van der Waals surface area contributed by atoms with Gasteiger partial charge in [-0.15, -0.1) is 0 Å². The zero-order valence-electron chi connectivity index (χ0n) is 17.6. The molecule has 1 aliphatic heterocycles. The van der Waals surface area contributed by atoms with E-state index < -0.39 is 5.97 Å². The molecule has 1 N–H and O–H groups in total. The minimum absolute atomic E-state index is 0.129. The van der Waals surface area contributed by atoms with Crippen LogP contribution < -0.4 is 14.8 Å². The molecule has 3 rings (SSSR count). The third kappa shape index (κ3) is 5.22. The molecule has 0 atom stereocenters. The first-order chi connectivity index (χ1) is 14.9. The number of benzene rings is 2. The van der Waals surface area contributed by atoms with Gasteiger partial charge in [0.2, 0.25) is 11.8 Å². The van der Waals surface area contributed by atoms with E-state index in [0.717, 1.165) is 11.1 Å². The normalized spacial score (nSPS) is 12.6. The maximum absolute atomic E-state index is 12.7. The summed E-state index contributed by atoms with van der Waals surface area (Å²) in [6.07, 6.45) is 3.48. The molecule has 0 bridgehead atoms. The van der Waals surface area contributed by atoms with E-state index in [1.165, 1.54) is 12.0 Å². The maximum atomic E-state index is 12.7. The smallest absolute Gasteiger partial charge is 0.338 e. The van der Waals surface area contributed by atoms with Crippen LogP contribution in [0, 0.1) is 0 Å². The van der Waals surface area contributed by atoms with Crippen LogP contribution in [0.4, 0.5) is 5.69 Å². The molecule has 0 aliphatic carbocycles. The molecule has 1 heterocycles. The van der Waals surface area contributed by atoms with Gasteiger partial charge >= 0.3 is 5.97 Å². The third-order valence-electron chi connectivity index (χ3n) is 4.74. The van der Waals surface area contributed by atoms with Gasteiger partial charge in [-0.25, -0.2) is 4.79 Å². The van der Waals surface area contributed by atoms with Crippen LogP contribution in [0.1, 0.15) is 28.4 Å². The van der Waals surface area contributed by atoms with E-state index >= 15 is 0 Å². The Balaban J connectivity index is 1.66. The van der Waals surface area contributed by atoms with Gasteiger partial charge in [-0.05, 0) is 60.5 Å². The lowest BCUT2D eigenvalue weighted by Crippen LogP contribution is -2.34. The molecule has 2 aromatic rings. The summed E-state index contributed by atoms with van der Waals surface area (Å²) < 4.78 is 15.6. The van der Waals surface area contributed by atoms with E-state index in [4.69, 9.17) is 14.2 Å². The third-order valence-corrected chi connectivity index (χ3v) is 4.74. The van der Waals surface area contributed by atoms with Crippen molar-refractivity contribution in [1.82, 2.24) is 4.90 Å². The van der Waals surface area contributed by atoms with Crippen LogP contribution in [0.15, 0.2) is 42.6 Å². The maximum Gasteiger partial charge on any atom is 0.338 e. The molecule has 0 aromatic heterocycles. The summed E-state index contributed by atoms with van der Waals surface area (Å²) in [6, 6.07) is 9.93. The van der Waals surface area contributed by atoms with Crippen molar-refractivity contribution in [3.8, 4) is 11.5 Å². The summed E-state index contributed by atoms with van der Waals surface area (Å²) in [6.45, 7) is 1.88. The van der Waals surface area contributed by atoms with Crippen molar-refractivity contribution in [3.63, 3.8) is 0 Å². The number of carbonyl (C=O) groups excluding carboxylic acids is 3. The van der Waals surface area contributed by atoms with Crippen LogP contribution in [0.3, 0.4) is 0 Å². The summed E-state index contributed by atoms with van der Waals surface area (Å²) in [5.74, 6) is 0.113. The molecule has 8 heteroatoms. The van der Waals surface area contributed by atoms with Crippen LogP contribution in [-0.4, -0.2) is 50.1 Å². The number of nitrogens with zero attached hydrogens (tertiary/aromatic N) is 1. The molecule has 0 spiro atoms. The number of amides is 2. The van der Waals surface area contributed by atoms with Crippen molar-refractivity contribution in [1.29, 1.82) is 0 Å². The Kier molecular flexibility index (Phi) is 6.92. The fourth-order valence-electron chi connectivity index (χ4n) is 3.16. The number of hydrogen-bond acceptors (Lipinski definition) is 6. The lowest BCUT2D eigenvalue weighted by atomic mass is 10.0. The van der Waals surface area contributed by atoms with Crippen LogP contribution in [0.25, 0.3) is 6.08 Å². The number of methoxy groups -OCH3 is 2. The van der Waals surface area contributed by atoms with E-state index in [2.05, 4.69) is 5.32 Å². The number of hydrogen-bond donors (Lipinski definition) is 1. The van der Waals surface area contributed by atoms with Crippen LogP contribution >= 0.6 is 0 Å². The van der Waals surface area contributed by atoms with Gasteiger partial charge in [0.1, 0.15) is 6.54 Å². The number of esters is 1. The number of ether oxygens (including phenoxy) is 3. The molecule has 162 valence electrons. The highest BCUT2D eigenvalue weighted by atomic mass is 16.5. The first-order valence-electron chi connectivity index (χ1n) is 9.74. The number of carbonyl (C=O) groups is 3. The van der Waals surface area contributed by atoms with Crippen molar-refractivity contribution in [3.05, 3.63) is 59.3 Å². The topological polar surface area (TPSA) is 94.2 Å². The molecule has 8 nitrogen and oxygen atoms in total. The van der Waals surface area contributed by atoms with E-state index in [1.54, 1.807) is 62.7 Å². The van der Waals surface area contributed by atoms with Gasteiger partial charge in [-0.2, -0.15) is 0 Å². The SMILES string of the molecule is CCOC(=O)c1ccc(NC(=O)CN2C=Cc3cc(OC)c(OC)cc3CC2=O)cc1. The second kappa shape index (κ2) is 9.80. The molecule has 0 radical (unpaired) electrons. The van der Waals surface area contributed by atoms with Gasteiger partial charge in [0.15, 0.2) is 11.5 Å². The van der Waals surface area contributed by atoms with Crippen LogP contribution in [0.2, 0.25) is 0 Å². The largest absolute Gasteiger partial charge is 0.493 e. The number of nitrogens with one attached hydrogen (secondary N) is 1. The zero-order chi connectivity index (χ0) is 22.4. The van der Waals surface area contributed by atoms with Crippen molar-refractivity contribution in [2.75, 3.05) is 32.7 Å². The van der Waals surface area contributed by atoms with Crippen molar-refractivity contribution in [2.45, 2.75) is 13.3 Å². The number of anilines is 1. The van der Waals surface area contributed by atoms with Gasteiger partial charge in [-0.1, -0.05) is 0 Å². The highest BCUT2D eigenvalue weighted by molar-refractivity contribution is 5.96. The highest BCUT2D eigenvalue weighted by Crippen LogP contribution is 2.32. The Morgan fingerprint density at radius 1 is 1.06 bits per heavy atom. The second-order valence-electron chi connectivity index (χ2n) is 6.77. The quantitative estimate of drug-likeness (QED) is 0.687. The molecular formula is C23H24N2O6. The average Bonchev–Trinajstić information content (AvgIpc) is 2.91. The molecule has 1 aliphatic rings. The summed E-state index contributed by atoms with van der Waals surface area (Å²) in [5.41, 5.74) is 2.52. The Bertz CT molecular complexity index is 1010. The summed E-state index contributed by atoms with van der Waals surface area (Å²) in [4.78, 5) is 38.2. The predicted molar refractivity (Wildman–Crippen MR) is 115 cm³/mol. The Morgan fingerprint density at radius 2 is 1.74 bits per heavy atom. The number of rotatable bonds is 7. The lowest BCUT2D eigenvalue weighted by Gasteiger charge is -2.17. The Labute approximate surface area is 180 Å². The first kappa shape index (κ1) is 21.9. The van der Waals surface area contributed by atoms with Gasteiger partial charge in [-0.3, -0.25) is 9.59 Å². The summed E-state index contributed by atoms with van der Waals surface area (Å²) in [5, 5.41) is 2.73. The van der Waals surface area contributed by atoms with E-state index in [0.29, 0.717) is 22.7 Å². The van der Waals surface area contributed by atoms with E-state index in [-0.39, 0.29) is 31.4 Å². The standard InChI is InChI=1S/C23H24N2O6/c1-4-31-23(28)15-5-7-18(8-6-15)24-21(26)14-25-10-9-16-11-19(29-2)20(30-3)12-17(16)13-22(25)27/h5-12H,4,13-14H2,1-3H3,(H,24,26). The molecule has 31 heavy (non-hydrogen) atoms. The van der Waals surface area contributed by atoms with Crippen LogP contribution in [-0.2, 0) is 20.7 Å². The minimum atomic E-state index is -0.423. The molecule has 0 saturated carbocycles. The molecule has 0 saturated heterocycles. The van der Waals surface area contributed by atoms with Crippen LogP contribution in [0.5, 0.6) is 11.5 Å². The van der Waals surface area contributed by atoms with E-state index in [9.17, 15) is 14.4 Å². The van der Waals surface area contributed by atoms with Crippen molar-refractivity contribution in [2.24, 2.45) is 0 Å². The average molecular weight is 424 g/mol. The molecule has 2 aromatic carbocycles. The van der Waals surface area contributed by atoms with Gasteiger partial charge in [0, 0.05) is 11.9 Å². The lowest BCUT2D eigenvalue weighted by molar-refractivity contribution is -0.131. The molecule has 0 unspecified atom stereocenters. The van der Waals surface area contributed by atoms with Gasteiger partial charge in [0.25, 0.3) is 0 Å². The predicted octanol–water partition coefficient (Wildman–Crippen LogP) is 2.87. The Morgan fingerprint density at radius 3 is 2.39 bits per heavy atom. The van der Waals surface area contributed by atoms with Crippen molar-refractivity contribution >= 4 is 29.5 Å². The van der Waals surface area contributed by atoms with Gasteiger partial charge < -0.3 is 24.4 Å². The molecule has 0 fully saturated rings. The highest BCUT2D eigenvalue weighted by Gasteiger charge is 2.21. The fraction of sp³-hybridized carbons (Fsp3) is 0.261. The first-order valence-corrected chi connectivity index (χ1v) is 9.74. The monoisotopic (exact) mass is 424 g/mol. The molecule has 2 amide bonds. The Hall–Kier alpha value is -3.81. The van der Waals surface area contributed by atoms with Gasteiger partial charge in [0.05, 0.1) is 32.8 Å². The summed E-state index contributed by atoms with van der Waals surface area (Å²) in [7, 11) is 3.08. The molecular weight excluding hydrogens is 400 g/mol. The second-order valence-corrected chi connectivity index (χ2v) is 6.77. The fourth-order valence-corrected chi connectivity index (χ4v) is 3.16. The zero-order valence-corrected chi connectivity index (χ0v) is 17.6. The summed E-state index contributed by atoms with van der Waals surface area (Å²) >= 11 is 0.